The van der Waals surface area contributed by atoms with Crippen molar-refractivity contribution in [3.63, 3.8) is 0 Å². The molecule has 3 fully saturated rings. The van der Waals surface area contributed by atoms with Gasteiger partial charge in [-0.1, -0.05) is 6.92 Å². The van der Waals surface area contributed by atoms with Crippen molar-refractivity contribution in [2.75, 3.05) is 6.54 Å². The number of likely N-dealkylation sites (tertiary alicyclic amines) is 1. The zero-order valence-corrected chi connectivity index (χ0v) is 10.8. The Balaban J connectivity index is 1.68. The number of piperidine rings is 1. The van der Waals surface area contributed by atoms with Gasteiger partial charge in [0, 0.05) is 24.7 Å². The van der Waals surface area contributed by atoms with Crippen molar-refractivity contribution in [2.24, 2.45) is 5.92 Å². The predicted octanol–water partition coefficient (Wildman–Crippen LogP) is 1.92. The van der Waals surface area contributed by atoms with Crippen molar-refractivity contribution in [1.29, 1.82) is 0 Å². The van der Waals surface area contributed by atoms with E-state index in [0.29, 0.717) is 30.0 Å². The van der Waals surface area contributed by atoms with Crippen LogP contribution in [-0.2, 0) is 4.79 Å². The molecule has 4 atom stereocenters. The Kier molecular flexibility index (Phi) is 3.12. The van der Waals surface area contributed by atoms with Gasteiger partial charge in [-0.3, -0.25) is 4.79 Å². The summed E-state index contributed by atoms with van der Waals surface area (Å²) in [5, 5.41) is 3.58. The third-order valence-corrected chi connectivity index (χ3v) is 5.00. The third kappa shape index (κ3) is 1.99. The van der Waals surface area contributed by atoms with E-state index in [9.17, 15) is 4.79 Å². The summed E-state index contributed by atoms with van der Waals surface area (Å²) in [5.41, 5.74) is 0. The Morgan fingerprint density at radius 1 is 1.29 bits per heavy atom. The molecule has 2 bridgehead atoms. The van der Waals surface area contributed by atoms with Crippen LogP contribution < -0.4 is 5.32 Å². The van der Waals surface area contributed by atoms with Gasteiger partial charge in [0.1, 0.15) is 0 Å². The van der Waals surface area contributed by atoms with E-state index in [4.69, 9.17) is 0 Å². The molecular weight excluding hydrogens is 212 g/mol. The van der Waals surface area contributed by atoms with Gasteiger partial charge in [-0.25, -0.2) is 0 Å². The Morgan fingerprint density at radius 2 is 2.18 bits per heavy atom. The summed E-state index contributed by atoms with van der Waals surface area (Å²) in [6.45, 7) is 3.22. The number of fused-ring (bicyclic) bond motifs is 2. The zero-order valence-electron chi connectivity index (χ0n) is 10.8. The molecule has 3 aliphatic rings. The standard InChI is InChI=1S/C14H24N2O/c1-2-11-5-3-4-8-16(11)14(17)12-9-10-6-7-13(12)15-10/h10-13,15H,2-9H2,1H3. The van der Waals surface area contributed by atoms with Gasteiger partial charge in [-0.15, -0.1) is 0 Å². The molecule has 0 saturated carbocycles. The molecule has 3 heterocycles. The highest BCUT2D eigenvalue weighted by Crippen LogP contribution is 2.35. The minimum Gasteiger partial charge on any atom is -0.339 e. The lowest BCUT2D eigenvalue weighted by atomic mass is 9.86. The van der Waals surface area contributed by atoms with E-state index in [1.165, 1.54) is 32.1 Å². The SMILES string of the molecule is CCC1CCCCN1C(=O)C1CC2CCC1N2. The van der Waals surface area contributed by atoms with Gasteiger partial charge in [0.05, 0.1) is 5.92 Å². The summed E-state index contributed by atoms with van der Waals surface area (Å²) in [4.78, 5) is 14.9. The zero-order chi connectivity index (χ0) is 11.8. The highest BCUT2D eigenvalue weighted by molar-refractivity contribution is 5.80. The number of hydrogen-bond acceptors (Lipinski definition) is 2. The number of carbonyl (C=O) groups excluding carboxylic acids is 1. The summed E-state index contributed by atoms with van der Waals surface area (Å²) in [6, 6.07) is 1.65. The first-order chi connectivity index (χ1) is 8.29. The average Bonchev–Trinajstić information content (AvgIpc) is 3.00. The maximum Gasteiger partial charge on any atom is 0.227 e. The Bertz CT molecular complexity index is 305. The van der Waals surface area contributed by atoms with E-state index in [1.54, 1.807) is 0 Å². The minimum atomic E-state index is 0.292. The van der Waals surface area contributed by atoms with Crippen LogP contribution in [0.1, 0.15) is 51.9 Å². The number of rotatable bonds is 2. The quantitative estimate of drug-likeness (QED) is 0.794. The molecule has 3 nitrogen and oxygen atoms in total. The summed E-state index contributed by atoms with van der Waals surface area (Å²) < 4.78 is 0. The van der Waals surface area contributed by atoms with E-state index in [0.717, 1.165) is 19.4 Å². The Labute approximate surface area is 104 Å². The maximum absolute atomic E-state index is 12.6. The fourth-order valence-electron chi connectivity index (χ4n) is 4.03. The first-order valence-corrected chi connectivity index (χ1v) is 7.36. The number of nitrogens with one attached hydrogen (secondary N) is 1. The van der Waals surface area contributed by atoms with E-state index in [2.05, 4.69) is 17.1 Å². The number of amides is 1. The van der Waals surface area contributed by atoms with E-state index in [-0.39, 0.29) is 0 Å². The fourth-order valence-corrected chi connectivity index (χ4v) is 4.03. The van der Waals surface area contributed by atoms with Crippen molar-refractivity contribution < 1.29 is 4.79 Å². The highest BCUT2D eigenvalue weighted by atomic mass is 16.2. The first kappa shape index (κ1) is 11.5. The monoisotopic (exact) mass is 236 g/mol. The van der Waals surface area contributed by atoms with Gasteiger partial charge >= 0.3 is 0 Å². The lowest BCUT2D eigenvalue weighted by Gasteiger charge is -2.38. The second-order valence-corrected chi connectivity index (χ2v) is 5.98. The molecule has 3 aliphatic heterocycles. The van der Waals surface area contributed by atoms with Crippen LogP contribution >= 0.6 is 0 Å². The van der Waals surface area contributed by atoms with E-state index >= 15 is 0 Å². The summed E-state index contributed by atoms with van der Waals surface area (Å²) >= 11 is 0. The predicted molar refractivity (Wildman–Crippen MR) is 67.7 cm³/mol. The second kappa shape index (κ2) is 4.60. The fraction of sp³-hybridized carbons (Fsp3) is 0.929. The molecule has 0 aromatic rings. The number of hydrogen-bond donors (Lipinski definition) is 1. The highest BCUT2D eigenvalue weighted by Gasteiger charge is 2.45. The topological polar surface area (TPSA) is 32.3 Å². The van der Waals surface area contributed by atoms with Crippen LogP contribution in [0.15, 0.2) is 0 Å². The molecule has 1 N–H and O–H groups in total. The lowest BCUT2D eigenvalue weighted by molar-refractivity contribution is -0.140. The van der Waals surface area contributed by atoms with Crippen LogP contribution in [-0.4, -0.2) is 35.5 Å². The molecule has 0 radical (unpaired) electrons. The molecule has 1 amide bonds. The normalized spacial score (nSPS) is 40.9. The summed E-state index contributed by atoms with van der Waals surface area (Å²) in [7, 11) is 0. The second-order valence-electron chi connectivity index (χ2n) is 5.98. The summed E-state index contributed by atoms with van der Waals surface area (Å²) in [5.74, 6) is 0.747. The molecule has 0 aromatic carbocycles. The number of carbonyl (C=O) groups is 1. The van der Waals surface area contributed by atoms with Crippen molar-refractivity contribution in [3.05, 3.63) is 0 Å². The van der Waals surface area contributed by atoms with Gasteiger partial charge < -0.3 is 10.2 Å². The molecule has 4 unspecified atom stereocenters. The molecule has 0 aliphatic carbocycles. The molecule has 96 valence electrons. The molecule has 17 heavy (non-hydrogen) atoms. The van der Waals surface area contributed by atoms with E-state index in [1.807, 2.05) is 0 Å². The molecular formula is C14H24N2O. The number of nitrogens with zero attached hydrogens (tertiary/aromatic N) is 1. The Hall–Kier alpha value is -0.570. The van der Waals surface area contributed by atoms with Gasteiger partial charge in [0.2, 0.25) is 5.91 Å². The average molecular weight is 236 g/mol. The largest absolute Gasteiger partial charge is 0.339 e. The van der Waals surface area contributed by atoms with Gasteiger partial charge in [-0.05, 0) is 44.9 Å². The molecule has 3 saturated heterocycles. The van der Waals surface area contributed by atoms with Crippen LogP contribution in [0.2, 0.25) is 0 Å². The smallest absolute Gasteiger partial charge is 0.227 e. The molecule has 0 aromatic heterocycles. The third-order valence-electron chi connectivity index (χ3n) is 5.00. The molecule has 3 rings (SSSR count). The van der Waals surface area contributed by atoms with Crippen molar-refractivity contribution in [3.8, 4) is 0 Å². The molecule has 0 spiro atoms. The van der Waals surface area contributed by atoms with Gasteiger partial charge in [0.15, 0.2) is 0 Å². The van der Waals surface area contributed by atoms with Crippen molar-refractivity contribution >= 4 is 5.91 Å². The van der Waals surface area contributed by atoms with Crippen LogP contribution in [0.5, 0.6) is 0 Å². The van der Waals surface area contributed by atoms with Crippen LogP contribution in [0, 0.1) is 5.92 Å². The van der Waals surface area contributed by atoms with Crippen molar-refractivity contribution in [2.45, 2.75) is 70.0 Å². The Morgan fingerprint density at radius 3 is 2.82 bits per heavy atom. The lowest BCUT2D eigenvalue weighted by Crippen LogP contribution is -2.48. The van der Waals surface area contributed by atoms with Crippen LogP contribution in [0.4, 0.5) is 0 Å². The van der Waals surface area contributed by atoms with Crippen molar-refractivity contribution in [1.82, 2.24) is 10.2 Å². The molecule has 3 heteroatoms. The van der Waals surface area contributed by atoms with E-state index < -0.39 is 0 Å². The first-order valence-electron chi connectivity index (χ1n) is 7.36. The van der Waals surface area contributed by atoms with Gasteiger partial charge in [0.25, 0.3) is 0 Å². The summed E-state index contributed by atoms with van der Waals surface area (Å²) in [6.07, 6.45) is 8.44. The van der Waals surface area contributed by atoms with Crippen LogP contribution in [0.25, 0.3) is 0 Å². The minimum absolute atomic E-state index is 0.292. The maximum atomic E-state index is 12.6. The van der Waals surface area contributed by atoms with Gasteiger partial charge in [-0.2, -0.15) is 0 Å². The van der Waals surface area contributed by atoms with Crippen LogP contribution in [0.3, 0.4) is 0 Å².